The van der Waals surface area contributed by atoms with Gasteiger partial charge in [0.15, 0.2) is 0 Å². The smallest absolute Gasteiger partial charge is 0.253 e. The number of fused-ring (bicyclic) bond motifs is 2. The van der Waals surface area contributed by atoms with E-state index in [1.54, 1.807) is 0 Å². The third kappa shape index (κ3) is 7.83. The molecule has 0 aliphatic heterocycles. The van der Waals surface area contributed by atoms with Gasteiger partial charge in [0.25, 0.3) is 5.91 Å². The van der Waals surface area contributed by atoms with Crippen LogP contribution in [0.5, 0.6) is 0 Å². The molecule has 0 atom stereocenters. The number of aromatic nitrogens is 1. The first kappa shape index (κ1) is 31.6. The topological polar surface area (TPSA) is 69.3 Å². The number of amides is 1. The summed E-state index contributed by atoms with van der Waals surface area (Å²) < 4.78 is 0. The van der Waals surface area contributed by atoms with Gasteiger partial charge in [-0.15, -0.1) is 49.6 Å². The predicted octanol–water partition coefficient (Wildman–Crippen LogP) is 4.00. The van der Waals surface area contributed by atoms with E-state index in [4.69, 9.17) is 4.98 Å². The summed E-state index contributed by atoms with van der Waals surface area (Å²) >= 11 is 0. The lowest BCUT2D eigenvalue weighted by Gasteiger charge is -2.15. The Hall–Kier alpha value is -1.54. The van der Waals surface area contributed by atoms with Gasteiger partial charge in [0.1, 0.15) is 0 Å². The number of halogens is 4. The third-order valence-electron chi connectivity index (χ3n) is 4.48. The molecule has 0 saturated carbocycles. The highest BCUT2D eigenvalue weighted by atomic mass is 35.5. The second-order valence-electron chi connectivity index (χ2n) is 6.80. The van der Waals surface area contributed by atoms with Gasteiger partial charge in [-0.05, 0) is 33.3 Å². The van der Waals surface area contributed by atoms with Gasteiger partial charge in [0.2, 0.25) is 0 Å². The predicted molar refractivity (Wildman–Crippen MR) is 142 cm³/mol. The van der Waals surface area contributed by atoms with Crippen molar-refractivity contribution in [3.05, 3.63) is 48.0 Å². The molecule has 174 valence electrons. The quantitative estimate of drug-likeness (QED) is 0.315. The fourth-order valence-corrected chi connectivity index (χ4v) is 3.09. The molecule has 1 amide bonds. The summed E-state index contributed by atoms with van der Waals surface area (Å²) in [5, 5.41) is 11.7. The minimum atomic E-state index is -0.0913. The maximum absolute atomic E-state index is 12.7. The number of benzene rings is 2. The highest BCUT2D eigenvalue weighted by molar-refractivity contribution is 6.14. The fourth-order valence-electron chi connectivity index (χ4n) is 3.09. The summed E-state index contributed by atoms with van der Waals surface area (Å²) in [7, 11) is 5.91. The zero-order chi connectivity index (χ0) is 19.2. The number of carbonyl (C=O) groups excluding carboxylic acids is 1. The lowest BCUT2D eigenvalue weighted by molar-refractivity contribution is 0.0952. The molecule has 0 unspecified atom stereocenters. The van der Waals surface area contributed by atoms with Crippen LogP contribution in [-0.4, -0.2) is 63.1 Å². The van der Waals surface area contributed by atoms with E-state index in [2.05, 4.69) is 22.0 Å². The number of anilines is 1. The minimum Gasteiger partial charge on any atom is -0.383 e. The monoisotopic (exact) mass is 509 g/mol. The van der Waals surface area contributed by atoms with Gasteiger partial charge >= 0.3 is 0 Å². The number of hydrogen-bond acceptors (Lipinski definition) is 5. The van der Waals surface area contributed by atoms with Crippen molar-refractivity contribution in [2.24, 2.45) is 0 Å². The van der Waals surface area contributed by atoms with Crippen LogP contribution in [0.15, 0.2) is 42.5 Å². The lowest BCUT2D eigenvalue weighted by atomic mass is 10.0. The van der Waals surface area contributed by atoms with Crippen molar-refractivity contribution in [2.75, 3.05) is 52.6 Å². The molecule has 2 aromatic carbocycles. The Morgan fingerprint density at radius 1 is 0.903 bits per heavy atom. The highest BCUT2D eigenvalue weighted by Gasteiger charge is 2.15. The number of pyridine rings is 1. The van der Waals surface area contributed by atoms with E-state index in [0.29, 0.717) is 12.1 Å². The van der Waals surface area contributed by atoms with Crippen LogP contribution < -0.4 is 16.0 Å². The Morgan fingerprint density at radius 3 is 2.26 bits per heavy atom. The maximum Gasteiger partial charge on any atom is 0.253 e. The lowest BCUT2D eigenvalue weighted by Crippen LogP contribution is -2.31. The summed E-state index contributed by atoms with van der Waals surface area (Å²) in [6, 6.07) is 13.8. The molecule has 0 saturated heterocycles. The number of nitrogens with zero attached hydrogens (tertiary/aromatic N) is 2. The number of nitrogens with one attached hydrogen (secondary N) is 3. The molecule has 0 bridgehead atoms. The first-order valence-electron chi connectivity index (χ1n) is 9.24. The summed E-state index contributed by atoms with van der Waals surface area (Å²) in [5.74, 6) is -0.0913. The number of likely N-dealkylation sites (N-methyl/N-ethyl adjacent to an activating group) is 2. The van der Waals surface area contributed by atoms with E-state index < -0.39 is 0 Å². The molecule has 1 heterocycles. The first-order chi connectivity index (χ1) is 13.1. The average Bonchev–Trinajstić information content (AvgIpc) is 2.66. The Kier molecular flexibility index (Phi) is 15.6. The first-order valence-corrected chi connectivity index (χ1v) is 9.24. The van der Waals surface area contributed by atoms with Crippen molar-refractivity contribution in [2.45, 2.75) is 0 Å². The Labute approximate surface area is 208 Å². The van der Waals surface area contributed by atoms with Crippen LogP contribution in [-0.2, 0) is 0 Å². The van der Waals surface area contributed by atoms with Gasteiger partial charge in [-0.2, -0.15) is 0 Å². The number of rotatable bonds is 8. The fraction of sp³-hybridized carbons (Fsp3) is 0.333. The van der Waals surface area contributed by atoms with Crippen molar-refractivity contribution in [3.63, 3.8) is 0 Å². The van der Waals surface area contributed by atoms with Crippen molar-refractivity contribution in [1.29, 1.82) is 0 Å². The molecule has 10 heteroatoms. The molecule has 0 radical (unpaired) electrons. The summed E-state index contributed by atoms with van der Waals surface area (Å²) in [6.07, 6.45) is 0. The van der Waals surface area contributed by atoms with Crippen molar-refractivity contribution < 1.29 is 4.79 Å². The van der Waals surface area contributed by atoms with Gasteiger partial charge < -0.3 is 20.9 Å². The Morgan fingerprint density at radius 2 is 1.58 bits per heavy atom. The highest BCUT2D eigenvalue weighted by Crippen LogP contribution is 2.32. The number of carbonyl (C=O) groups is 1. The standard InChI is InChI=1S/C21H27N5O.4ClH/c1-22-11-12-23-19-15-7-4-5-10-18(15)25-20-16(19)8-6-9-17(20)21(27)24-13-14-26(2)3;;;;/h4-10,22H,11-14H2,1-3H3,(H,23,25)(H,24,27);4*1H. The van der Waals surface area contributed by atoms with Crippen molar-refractivity contribution >= 4 is 83.0 Å². The molecule has 0 aliphatic rings. The molecule has 0 fully saturated rings. The summed E-state index contributed by atoms with van der Waals surface area (Å²) in [6.45, 7) is 3.04. The van der Waals surface area contributed by atoms with Crippen LogP contribution in [0.3, 0.4) is 0 Å². The molecule has 3 aromatic rings. The van der Waals surface area contributed by atoms with Gasteiger partial charge in [0.05, 0.1) is 22.3 Å². The maximum atomic E-state index is 12.7. The molecular weight excluding hydrogens is 480 g/mol. The molecule has 3 N–H and O–H groups in total. The molecular formula is C21H31Cl4N5O. The zero-order valence-electron chi connectivity index (χ0n) is 17.8. The molecule has 6 nitrogen and oxygen atoms in total. The second-order valence-corrected chi connectivity index (χ2v) is 6.80. The van der Waals surface area contributed by atoms with Gasteiger partial charge in [-0.3, -0.25) is 4.79 Å². The number of para-hydroxylation sites is 2. The normalized spacial score (nSPS) is 9.81. The van der Waals surface area contributed by atoms with E-state index in [0.717, 1.165) is 47.1 Å². The largest absolute Gasteiger partial charge is 0.383 e. The van der Waals surface area contributed by atoms with Gasteiger partial charge in [0, 0.05) is 37.0 Å². The number of hydrogen-bond donors (Lipinski definition) is 3. The molecule has 0 spiro atoms. The Bertz CT molecular complexity index is 956. The van der Waals surface area contributed by atoms with Crippen LogP contribution in [0.4, 0.5) is 5.69 Å². The van der Waals surface area contributed by atoms with Crippen LogP contribution in [0.25, 0.3) is 21.8 Å². The van der Waals surface area contributed by atoms with Crippen LogP contribution in [0.1, 0.15) is 10.4 Å². The third-order valence-corrected chi connectivity index (χ3v) is 4.48. The van der Waals surface area contributed by atoms with Crippen LogP contribution in [0, 0.1) is 0 Å². The average molecular weight is 511 g/mol. The SMILES string of the molecule is CNCCNc1c2ccccc2nc2c(C(=O)NCCN(C)C)cccc12.Cl.Cl.Cl.Cl. The molecule has 31 heavy (non-hydrogen) atoms. The van der Waals surface area contributed by atoms with Gasteiger partial charge in [-0.1, -0.05) is 30.3 Å². The molecule has 3 rings (SSSR count). The van der Waals surface area contributed by atoms with Gasteiger partial charge in [-0.25, -0.2) is 4.98 Å². The zero-order valence-corrected chi connectivity index (χ0v) is 21.1. The van der Waals surface area contributed by atoms with E-state index in [9.17, 15) is 4.79 Å². The second kappa shape index (κ2) is 15.3. The minimum absolute atomic E-state index is 0. The summed E-state index contributed by atoms with van der Waals surface area (Å²) in [5.41, 5.74) is 3.23. The summed E-state index contributed by atoms with van der Waals surface area (Å²) in [4.78, 5) is 19.6. The van der Waals surface area contributed by atoms with Crippen LogP contribution in [0.2, 0.25) is 0 Å². The van der Waals surface area contributed by atoms with Crippen LogP contribution >= 0.6 is 49.6 Å². The van der Waals surface area contributed by atoms with E-state index in [1.807, 2.05) is 62.4 Å². The molecule has 1 aromatic heterocycles. The van der Waals surface area contributed by atoms with E-state index in [-0.39, 0.29) is 55.5 Å². The van der Waals surface area contributed by atoms with E-state index in [1.165, 1.54) is 0 Å². The van der Waals surface area contributed by atoms with Crippen molar-refractivity contribution in [1.82, 2.24) is 20.5 Å². The van der Waals surface area contributed by atoms with E-state index >= 15 is 0 Å². The van der Waals surface area contributed by atoms with Crippen molar-refractivity contribution in [3.8, 4) is 0 Å². The Balaban J connectivity index is 0. The molecule has 0 aliphatic carbocycles.